The van der Waals surface area contributed by atoms with E-state index < -0.39 is 51.6 Å². The number of carbonyl (C=O) groups excluding carboxylic acids is 2. The van der Waals surface area contributed by atoms with Crippen LogP contribution in [0.25, 0.3) is 0 Å². The van der Waals surface area contributed by atoms with Crippen molar-refractivity contribution in [3.63, 3.8) is 0 Å². The summed E-state index contributed by atoms with van der Waals surface area (Å²) in [5, 5.41) is 2.92. The molecule has 0 aliphatic heterocycles. The Morgan fingerprint density at radius 1 is 0.846 bits per heavy atom. The third-order valence-electron chi connectivity index (χ3n) is 5.83. The first-order chi connectivity index (χ1) is 18.2. The molecular weight excluding hydrogens is 524 g/mol. The van der Waals surface area contributed by atoms with Crippen molar-refractivity contribution in [2.45, 2.75) is 45.3 Å². The highest BCUT2D eigenvalue weighted by atomic mass is 32.2. The maximum Gasteiger partial charge on any atom is 0.244 e. The zero-order valence-electron chi connectivity index (χ0n) is 22.4. The van der Waals surface area contributed by atoms with Gasteiger partial charge >= 0.3 is 0 Å². The summed E-state index contributed by atoms with van der Waals surface area (Å²) in [5.41, 5.74) is 0.845. The summed E-state index contributed by atoms with van der Waals surface area (Å²) in [7, 11) is -3.96. The second-order valence-corrected chi connectivity index (χ2v) is 12.2. The molecule has 1 atom stereocenters. The summed E-state index contributed by atoms with van der Waals surface area (Å²) >= 11 is 0. The molecule has 0 aromatic heterocycles. The smallest absolute Gasteiger partial charge is 0.244 e. The Labute approximate surface area is 228 Å². The van der Waals surface area contributed by atoms with Crippen LogP contribution < -0.4 is 9.62 Å². The topological polar surface area (TPSA) is 86.8 Å². The fraction of sp³-hybridized carbons (Fsp3) is 0.310. The van der Waals surface area contributed by atoms with Gasteiger partial charge in [-0.2, -0.15) is 0 Å². The largest absolute Gasteiger partial charge is 0.350 e. The molecule has 3 aromatic carbocycles. The normalized spacial score (nSPS) is 12.5. The van der Waals surface area contributed by atoms with Gasteiger partial charge in [-0.25, -0.2) is 17.2 Å². The first-order valence-corrected chi connectivity index (χ1v) is 14.2. The summed E-state index contributed by atoms with van der Waals surface area (Å²) in [4.78, 5) is 28.8. The van der Waals surface area contributed by atoms with Gasteiger partial charge in [-0.15, -0.1) is 0 Å². The third kappa shape index (κ3) is 8.88. The van der Waals surface area contributed by atoms with Crippen LogP contribution in [0.5, 0.6) is 0 Å². The van der Waals surface area contributed by atoms with Crippen molar-refractivity contribution < 1.29 is 26.8 Å². The molecule has 3 rings (SSSR count). The van der Waals surface area contributed by atoms with E-state index in [0.717, 1.165) is 28.3 Å². The first kappa shape index (κ1) is 29.8. The highest BCUT2D eigenvalue weighted by Gasteiger charge is 2.34. The van der Waals surface area contributed by atoms with Crippen LogP contribution >= 0.6 is 0 Å². The number of anilines is 1. The van der Waals surface area contributed by atoms with Gasteiger partial charge in [-0.3, -0.25) is 13.9 Å². The van der Waals surface area contributed by atoms with Gasteiger partial charge in [-0.1, -0.05) is 42.5 Å². The number of nitrogens with one attached hydrogen (secondary N) is 1. The highest BCUT2D eigenvalue weighted by molar-refractivity contribution is 7.92. The monoisotopic (exact) mass is 557 g/mol. The van der Waals surface area contributed by atoms with Crippen molar-refractivity contribution in [2.75, 3.05) is 17.1 Å². The Morgan fingerprint density at radius 3 is 1.90 bits per heavy atom. The predicted octanol–water partition coefficient (Wildman–Crippen LogP) is 4.29. The van der Waals surface area contributed by atoms with Crippen LogP contribution in [-0.2, 0) is 32.6 Å². The molecule has 1 N–H and O–H groups in total. The van der Waals surface area contributed by atoms with E-state index in [1.54, 1.807) is 0 Å². The molecule has 0 saturated heterocycles. The SMILES string of the molecule is CC(C)(C)NC(=O)C(Cc1ccccc1)N(Cc1ccc(F)cc1)C(=O)CN(c1ccc(F)cc1)S(C)(=O)=O. The van der Waals surface area contributed by atoms with E-state index in [0.29, 0.717) is 5.56 Å². The van der Waals surface area contributed by atoms with Gasteiger partial charge in [0.25, 0.3) is 0 Å². The van der Waals surface area contributed by atoms with Gasteiger partial charge in [0.1, 0.15) is 24.2 Å². The van der Waals surface area contributed by atoms with E-state index in [1.807, 2.05) is 51.1 Å². The molecule has 1 unspecified atom stereocenters. The summed E-state index contributed by atoms with van der Waals surface area (Å²) in [6, 6.07) is 18.4. The van der Waals surface area contributed by atoms with Crippen LogP contribution in [0.4, 0.5) is 14.5 Å². The molecule has 0 fully saturated rings. The average molecular weight is 558 g/mol. The van der Waals surface area contributed by atoms with Gasteiger partial charge < -0.3 is 10.2 Å². The first-order valence-electron chi connectivity index (χ1n) is 12.4. The minimum absolute atomic E-state index is 0.0742. The molecule has 0 saturated carbocycles. The number of amides is 2. The van der Waals surface area contributed by atoms with Crippen molar-refractivity contribution in [1.29, 1.82) is 0 Å². The van der Waals surface area contributed by atoms with Crippen LogP contribution in [0.1, 0.15) is 31.9 Å². The fourth-order valence-electron chi connectivity index (χ4n) is 4.01. The molecule has 7 nitrogen and oxygen atoms in total. The average Bonchev–Trinajstić information content (AvgIpc) is 2.85. The lowest BCUT2D eigenvalue weighted by Gasteiger charge is -2.35. The Hall–Kier alpha value is -3.79. The number of hydrogen-bond donors (Lipinski definition) is 1. The molecule has 0 heterocycles. The van der Waals surface area contributed by atoms with Crippen molar-refractivity contribution in [3.05, 3.63) is 102 Å². The van der Waals surface area contributed by atoms with E-state index in [2.05, 4.69) is 5.32 Å². The predicted molar refractivity (Wildman–Crippen MR) is 147 cm³/mol. The van der Waals surface area contributed by atoms with Crippen LogP contribution in [0.2, 0.25) is 0 Å². The van der Waals surface area contributed by atoms with Gasteiger partial charge in [0.05, 0.1) is 11.9 Å². The molecule has 39 heavy (non-hydrogen) atoms. The van der Waals surface area contributed by atoms with Crippen molar-refractivity contribution in [2.24, 2.45) is 0 Å². The summed E-state index contributed by atoms with van der Waals surface area (Å²) in [5.74, 6) is -2.09. The Bertz CT molecular complexity index is 1370. The van der Waals surface area contributed by atoms with Crippen LogP contribution in [-0.4, -0.2) is 49.5 Å². The van der Waals surface area contributed by atoms with Crippen LogP contribution in [0, 0.1) is 11.6 Å². The maximum atomic E-state index is 13.9. The molecule has 0 spiro atoms. The second-order valence-electron chi connectivity index (χ2n) is 10.3. The fourth-order valence-corrected chi connectivity index (χ4v) is 4.86. The molecule has 2 amide bonds. The minimum atomic E-state index is -3.96. The summed E-state index contributed by atoms with van der Waals surface area (Å²) in [6.45, 7) is 4.75. The lowest BCUT2D eigenvalue weighted by Crippen LogP contribution is -2.56. The quantitative estimate of drug-likeness (QED) is 0.403. The molecule has 0 aliphatic rings. The van der Waals surface area contributed by atoms with Crippen molar-refractivity contribution in [3.8, 4) is 0 Å². The Morgan fingerprint density at radius 2 is 1.38 bits per heavy atom. The molecule has 208 valence electrons. The van der Waals surface area contributed by atoms with E-state index in [-0.39, 0.29) is 18.7 Å². The molecular formula is C29H33F2N3O4S. The number of carbonyl (C=O) groups is 2. The van der Waals surface area contributed by atoms with E-state index in [9.17, 15) is 26.8 Å². The lowest BCUT2D eigenvalue weighted by atomic mass is 10.0. The Balaban J connectivity index is 2.06. The molecule has 3 aromatic rings. The van der Waals surface area contributed by atoms with Gasteiger partial charge in [0.15, 0.2) is 0 Å². The zero-order chi connectivity index (χ0) is 28.8. The summed E-state index contributed by atoms with van der Waals surface area (Å²) < 4.78 is 53.4. The molecule has 0 bridgehead atoms. The highest BCUT2D eigenvalue weighted by Crippen LogP contribution is 2.21. The minimum Gasteiger partial charge on any atom is -0.350 e. The van der Waals surface area contributed by atoms with Crippen molar-refractivity contribution >= 4 is 27.5 Å². The number of halogens is 2. The van der Waals surface area contributed by atoms with Crippen LogP contribution in [0.3, 0.4) is 0 Å². The maximum absolute atomic E-state index is 13.9. The second kappa shape index (κ2) is 12.4. The van der Waals surface area contributed by atoms with Crippen LogP contribution in [0.15, 0.2) is 78.9 Å². The molecule has 0 aliphatic carbocycles. The molecule has 10 heteroatoms. The Kier molecular flexibility index (Phi) is 9.45. The van der Waals surface area contributed by atoms with Gasteiger partial charge in [-0.05, 0) is 68.3 Å². The number of hydrogen-bond acceptors (Lipinski definition) is 4. The third-order valence-corrected chi connectivity index (χ3v) is 6.97. The standard InChI is InChI=1S/C29H33F2N3O4S/c1-29(2,3)32-28(36)26(18-21-8-6-5-7-9-21)33(19-22-10-12-23(30)13-11-22)27(35)20-34(39(4,37)38)25-16-14-24(31)15-17-25/h5-17,26H,18-20H2,1-4H3,(H,32,36). The van der Waals surface area contributed by atoms with Gasteiger partial charge in [0, 0.05) is 18.5 Å². The van der Waals surface area contributed by atoms with E-state index in [4.69, 9.17) is 0 Å². The van der Waals surface area contributed by atoms with Crippen molar-refractivity contribution in [1.82, 2.24) is 10.2 Å². The number of sulfonamides is 1. The molecule has 0 radical (unpaired) electrons. The van der Waals surface area contributed by atoms with E-state index >= 15 is 0 Å². The number of rotatable bonds is 10. The zero-order valence-corrected chi connectivity index (χ0v) is 23.2. The summed E-state index contributed by atoms with van der Waals surface area (Å²) in [6.07, 6.45) is 1.10. The van der Waals surface area contributed by atoms with E-state index in [1.165, 1.54) is 41.3 Å². The number of nitrogens with zero attached hydrogens (tertiary/aromatic N) is 2. The number of benzene rings is 3. The lowest BCUT2D eigenvalue weighted by molar-refractivity contribution is -0.140. The van der Waals surface area contributed by atoms with Gasteiger partial charge in [0.2, 0.25) is 21.8 Å².